The zero-order valence-electron chi connectivity index (χ0n) is 9.46. The van der Waals surface area contributed by atoms with Crippen molar-refractivity contribution in [2.75, 3.05) is 19.7 Å². The maximum absolute atomic E-state index is 11.2. The summed E-state index contributed by atoms with van der Waals surface area (Å²) in [6.45, 7) is 3.55. The van der Waals surface area contributed by atoms with E-state index in [1.165, 1.54) is 0 Å². The molecule has 88 valence electrons. The predicted molar refractivity (Wildman–Crippen MR) is 59.5 cm³/mol. The average molecular weight is 214 g/mol. The van der Waals surface area contributed by atoms with Gasteiger partial charge >= 0.3 is 0 Å². The second-order valence-electron chi connectivity index (χ2n) is 4.45. The molecule has 0 aromatic heterocycles. The van der Waals surface area contributed by atoms with Gasteiger partial charge in [0.1, 0.15) is 0 Å². The second kappa shape index (κ2) is 6.80. The molecule has 0 aliphatic heterocycles. The van der Waals surface area contributed by atoms with Crippen LogP contribution in [-0.4, -0.2) is 36.8 Å². The molecule has 0 aromatic rings. The molecule has 1 aliphatic rings. The van der Waals surface area contributed by atoms with Gasteiger partial charge in [0, 0.05) is 12.6 Å². The molecule has 1 aliphatic carbocycles. The fourth-order valence-corrected chi connectivity index (χ4v) is 1.38. The second-order valence-corrected chi connectivity index (χ2v) is 4.45. The highest BCUT2D eigenvalue weighted by Crippen LogP contribution is 2.18. The van der Waals surface area contributed by atoms with Crippen LogP contribution >= 0.6 is 0 Å². The normalized spacial score (nSPS) is 17.5. The molecule has 0 radical (unpaired) electrons. The van der Waals surface area contributed by atoms with Gasteiger partial charge < -0.3 is 15.7 Å². The van der Waals surface area contributed by atoms with Crippen LogP contribution in [0.3, 0.4) is 0 Å². The Balaban J connectivity index is 1.85. The maximum Gasteiger partial charge on any atom is 0.234 e. The van der Waals surface area contributed by atoms with Crippen molar-refractivity contribution in [3.8, 4) is 0 Å². The van der Waals surface area contributed by atoms with E-state index in [9.17, 15) is 4.79 Å². The van der Waals surface area contributed by atoms with E-state index in [-0.39, 0.29) is 12.5 Å². The van der Waals surface area contributed by atoms with Crippen LogP contribution in [0.5, 0.6) is 0 Å². The third-order valence-corrected chi connectivity index (χ3v) is 2.59. The number of hydrogen-bond acceptors (Lipinski definition) is 3. The first-order valence-corrected chi connectivity index (χ1v) is 5.83. The van der Waals surface area contributed by atoms with Crippen LogP contribution in [-0.2, 0) is 4.79 Å². The zero-order chi connectivity index (χ0) is 11.1. The molecular formula is C11H22N2O2. The average Bonchev–Trinajstić information content (AvgIpc) is 3.00. The van der Waals surface area contributed by atoms with Crippen molar-refractivity contribution in [1.82, 2.24) is 10.6 Å². The summed E-state index contributed by atoms with van der Waals surface area (Å²) in [5.74, 6) is 0.472. The fraction of sp³-hybridized carbons (Fsp3) is 0.909. The summed E-state index contributed by atoms with van der Waals surface area (Å²) in [7, 11) is 0. The van der Waals surface area contributed by atoms with Gasteiger partial charge in [-0.2, -0.15) is 0 Å². The topological polar surface area (TPSA) is 61.4 Å². The van der Waals surface area contributed by atoms with Crippen LogP contribution in [0, 0.1) is 5.92 Å². The lowest BCUT2D eigenvalue weighted by atomic mass is 10.1. The summed E-state index contributed by atoms with van der Waals surface area (Å²) < 4.78 is 0. The number of carbonyl (C=O) groups is 1. The Kier molecular flexibility index (Phi) is 5.65. The lowest BCUT2D eigenvalue weighted by molar-refractivity contribution is -0.120. The quantitative estimate of drug-likeness (QED) is 0.508. The molecule has 4 heteroatoms. The lowest BCUT2D eigenvalue weighted by Gasteiger charge is -2.08. The summed E-state index contributed by atoms with van der Waals surface area (Å²) in [4.78, 5) is 11.2. The Morgan fingerprint density at radius 3 is 2.87 bits per heavy atom. The van der Waals surface area contributed by atoms with E-state index < -0.39 is 0 Å². The molecule has 1 rings (SSSR count). The van der Waals surface area contributed by atoms with Crippen molar-refractivity contribution in [3.05, 3.63) is 0 Å². The number of hydrogen-bond donors (Lipinski definition) is 3. The molecule has 1 fully saturated rings. The Hall–Kier alpha value is -0.610. The highest BCUT2D eigenvalue weighted by atomic mass is 16.3. The molecule has 3 N–H and O–H groups in total. The van der Waals surface area contributed by atoms with Gasteiger partial charge in [0.25, 0.3) is 0 Å². The van der Waals surface area contributed by atoms with Crippen molar-refractivity contribution in [2.24, 2.45) is 5.92 Å². The molecule has 1 amide bonds. The summed E-state index contributed by atoms with van der Waals surface area (Å²) in [6, 6.07) is 0.453. The van der Waals surface area contributed by atoms with Gasteiger partial charge in [-0.25, -0.2) is 0 Å². The number of aliphatic hydroxyl groups excluding tert-OH is 1. The first kappa shape index (κ1) is 12.5. The van der Waals surface area contributed by atoms with Gasteiger partial charge in [-0.3, -0.25) is 4.79 Å². The van der Waals surface area contributed by atoms with Gasteiger partial charge in [0.05, 0.1) is 6.54 Å². The third kappa shape index (κ3) is 6.47. The molecule has 0 spiro atoms. The van der Waals surface area contributed by atoms with Gasteiger partial charge in [-0.05, 0) is 38.1 Å². The van der Waals surface area contributed by atoms with Gasteiger partial charge in [-0.15, -0.1) is 0 Å². The molecule has 0 aromatic carbocycles. The lowest BCUT2D eigenvalue weighted by Crippen LogP contribution is -2.35. The number of carbonyl (C=O) groups excluding carboxylic acids is 1. The van der Waals surface area contributed by atoms with E-state index in [1.54, 1.807) is 0 Å². The standard InChI is InChI=1S/C11H22N2O2/c1-9(8-14)3-2-6-12-7-11(15)13-10-4-5-10/h9-10,12,14H,2-8H2,1H3,(H,13,15). The van der Waals surface area contributed by atoms with Gasteiger partial charge in [0.15, 0.2) is 0 Å². The number of amides is 1. The molecule has 0 saturated heterocycles. The van der Waals surface area contributed by atoms with Crippen LogP contribution in [0.1, 0.15) is 32.6 Å². The summed E-state index contributed by atoms with van der Waals surface area (Å²) in [5, 5.41) is 14.8. The Morgan fingerprint density at radius 2 is 2.27 bits per heavy atom. The molecule has 15 heavy (non-hydrogen) atoms. The Morgan fingerprint density at radius 1 is 1.53 bits per heavy atom. The molecule has 0 bridgehead atoms. The van der Waals surface area contributed by atoms with Crippen LogP contribution in [0.15, 0.2) is 0 Å². The zero-order valence-corrected chi connectivity index (χ0v) is 9.46. The fourth-order valence-electron chi connectivity index (χ4n) is 1.38. The number of rotatable bonds is 8. The Bertz CT molecular complexity index is 193. The van der Waals surface area contributed by atoms with Crippen LogP contribution in [0.25, 0.3) is 0 Å². The van der Waals surface area contributed by atoms with E-state index in [4.69, 9.17) is 5.11 Å². The monoisotopic (exact) mass is 214 g/mol. The highest BCUT2D eigenvalue weighted by molar-refractivity contribution is 5.78. The minimum Gasteiger partial charge on any atom is -0.396 e. The molecule has 1 saturated carbocycles. The first-order valence-electron chi connectivity index (χ1n) is 5.83. The SMILES string of the molecule is CC(CO)CCCNCC(=O)NC1CC1. The van der Waals surface area contributed by atoms with Gasteiger partial charge in [0.2, 0.25) is 5.91 Å². The molecule has 1 atom stereocenters. The number of aliphatic hydroxyl groups is 1. The van der Waals surface area contributed by atoms with E-state index in [1.807, 2.05) is 6.92 Å². The predicted octanol–water partition coefficient (Wildman–Crippen LogP) is 0.263. The van der Waals surface area contributed by atoms with Crippen LogP contribution < -0.4 is 10.6 Å². The molecule has 0 heterocycles. The summed E-state index contributed by atoms with van der Waals surface area (Å²) >= 11 is 0. The molecule has 1 unspecified atom stereocenters. The van der Waals surface area contributed by atoms with E-state index >= 15 is 0 Å². The third-order valence-electron chi connectivity index (χ3n) is 2.59. The minimum atomic E-state index is 0.104. The van der Waals surface area contributed by atoms with Crippen LogP contribution in [0.4, 0.5) is 0 Å². The smallest absolute Gasteiger partial charge is 0.234 e. The summed E-state index contributed by atoms with van der Waals surface area (Å²) in [6.07, 6.45) is 4.30. The largest absolute Gasteiger partial charge is 0.396 e. The van der Waals surface area contributed by atoms with Gasteiger partial charge in [-0.1, -0.05) is 6.92 Å². The van der Waals surface area contributed by atoms with E-state index in [2.05, 4.69) is 10.6 Å². The van der Waals surface area contributed by atoms with Crippen molar-refractivity contribution in [3.63, 3.8) is 0 Å². The van der Waals surface area contributed by atoms with E-state index in [0.29, 0.717) is 18.5 Å². The highest BCUT2D eigenvalue weighted by Gasteiger charge is 2.22. The Labute approximate surface area is 91.4 Å². The van der Waals surface area contributed by atoms with Crippen molar-refractivity contribution in [1.29, 1.82) is 0 Å². The minimum absolute atomic E-state index is 0.104. The molecule has 4 nitrogen and oxygen atoms in total. The maximum atomic E-state index is 11.2. The number of nitrogens with one attached hydrogen (secondary N) is 2. The van der Waals surface area contributed by atoms with E-state index in [0.717, 1.165) is 32.2 Å². The van der Waals surface area contributed by atoms with Crippen LogP contribution in [0.2, 0.25) is 0 Å². The van der Waals surface area contributed by atoms with Crippen molar-refractivity contribution >= 4 is 5.91 Å². The van der Waals surface area contributed by atoms with Crippen molar-refractivity contribution in [2.45, 2.75) is 38.6 Å². The van der Waals surface area contributed by atoms with Crippen molar-refractivity contribution < 1.29 is 9.90 Å². The first-order chi connectivity index (χ1) is 7.22. The molecular weight excluding hydrogens is 192 g/mol. The summed E-state index contributed by atoms with van der Waals surface area (Å²) in [5.41, 5.74) is 0.